The van der Waals surface area contributed by atoms with Gasteiger partial charge in [-0.3, -0.25) is 0 Å². The van der Waals surface area contributed by atoms with Gasteiger partial charge in [0.25, 0.3) is 0 Å². The Morgan fingerprint density at radius 1 is 1.25 bits per heavy atom. The molecular formula is C15H19FN2O5S. The number of piperidine rings is 1. The van der Waals surface area contributed by atoms with E-state index in [1.165, 1.54) is 27.4 Å². The van der Waals surface area contributed by atoms with Gasteiger partial charge >= 0.3 is 6.09 Å². The van der Waals surface area contributed by atoms with Gasteiger partial charge in [0.1, 0.15) is 5.82 Å². The van der Waals surface area contributed by atoms with Crippen LogP contribution in [0.2, 0.25) is 0 Å². The first-order valence-corrected chi connectivity index (χ1v) is 9.14. The molecule has 9 heteroatoms. The normalized spacial score (nSPS) is 21.8. The third-order valence-corrected chi connectivity index (χ3v) is 6.43. The molecule has 0 unspecified atom stereocenters. The van der Waals surface area contributed by atoms with E-state index in [4.69, 9.17) is 9.84 Å². The molecule has 132 valence electrons. The van der Waals surface area contributed by atoms with E-state index >= 15 is 0 Å². The topological polar surface area (TPSA) is 87.2 Å². The zero-order valence-corrected chi connectivity index (χ0v) is 13.8. The van der Waals surface area contributed by atoms with Gasteiger partial charge in [-0.2, -0.15) is 4.31 Å². The maximum absolute atomic E-state index is 13.4. The summed E-state index contributed by atoms with van der Waals surface area (Å²) < 4.78 is 46.0. The van der Waals surface area contributed by atoms with Crippen molar-refractivity contribution in [3.05, 3.63) is 30.1 Å². The molecule has 2 fully saturated rings. The number of morpholine rings is 1. The van der Waals surface area contributed by atoms with Crippen molar-refractivity contribution in [3.8, 4) is 0 Å². The predicted octanol–water partition coefficient (Wildman–Crippen LogP) is 1.36. The second-order valence-electron chi connectivity index (χ2n) is 6.10. The smallest absolute Gasteiger partial charge is 0.407 e. The number of sulfonamides is 1. The Hall–Kier alpha value is -1.71. The minimum atomic E-state index is -3.81. The monoisotopic (exact) mass is 358 g/mol. The van der Waals surface area contributed by atoms with Gasteiger partial charge in [0.2, 0.25) is 10.0 Å². The standard InChI is InChI=1S/C15H19FN2O5S/c16-12-2-1-3-13(10-12)24(21,22)18-8-9-23-15(11-18)4-6-17(7-5-15)14(19)20/h1-3,10H,4-9,11H2,(H,19,20). The van der Waals surface area contributed by atoms with Crippen LogP contribution >= 0.6 is 0 Å². The van der Waals surface area contributed by atoms with Gasteiger partial charge in [-0.1, -0.05) is 6.07 Å². The third-order valence-electron chi connectivity index (χ3n) is 4.59. The summed E-state index contributed by atoms with van der Waals surface area (Å²) in [7, 11) is -3.81. The molecule has 1 aromatic rings. The summed E-state index contributed by atoms with van der Waals surface area (Å²) in [6.07, 6.45) is -0.104. The van der Waals surface area contributed by atoms with Crippen LogP contribution in [-0.2, 0) is 14.8 Å². The van der Waals surface area contributed by atoms with E-state index < -0.39 is 27.5 Å². The van der Waals surface area contributed by atoms with E-state index in [0.29, 0.717) is 25.9 Å². The number of hydrogen-bond acceptors (Lipinski definition) is 4. The fourth-order valence-corrected chi connectivity index (χ4v) is 4.73. The molecule has 0 aliphatic carbocycles. The van der Waals surface area contributed by atoms with Crippen molar-refractivity contribution in [3.63, 3.8) is 0 Å². The van der Waals surface area contributed by atoms with Crippen LogP contribution in [0.4, 0.5) is 9.18 Å². The highest BCUT2D eigenvalue weighted by Gasteiger charge is 2.43. The minimum absolute atomic E-state index is 0.0810. The second kappa shape index (κ2) is 6.30. The highest BCUT2D eigenvalue weighted by atomic mass is 32.2. The molecule has 0 radical (unpaired) electrons. The zero-order chi connectivity index (χ0) is 17.4. The minimum Gasteiger partial charge on any atom is -0.465 e. The molecule has 0 bridgehead atoms. The van der Waals surface area contributed by atoms with Crippen LogP contribution in [0.5, 0.6) is 0 Å². The Labute approximate surface area is 139 Å². The summed E-state index contributed by atoms with van der Waals surface area (Å²) in [4.78, 5) is 12.2. The Bertz CT molecular complexity index is 731. The van der Waals surface area contributed by atoms with Gasteiger partial charge in [-0.25, -0.2) is 17.6 Å². The third kappa shape index (κ3) is 3.24. The molecule has 1 N–H and O–H groups in total. The Kier molecular flexibility index (Phi) is 4.50. The molecule has 2 saturated heterocycles. The lowest BCUT2D eigenvalue weighted by Crippen LogP contribution is -2.58. The summed E-state index contributed by atoms with van der Waals surface area (Å²) >= 11 is 0. The highest BCUT2D eigenvalue weighted by Crippen LogP contribution is 2.32. The maximum Gasteiger partial charge on any atom is 0.407 e. The first-order chi connectivity index (χ1) is 11.3. The fraction of sp³-hybridized carbons (Fsp3) is 0.533. The number of halogens is 1. The van der Waals surface area contributed by atoms with Crippen LogP contribution in [0.1, 0.15) is 12.8 Å². The molecule has 1 spiro atoms. The number of nitrogens with zero attached hydrogens (tertiary/aromatic N) is 2. The van der Waals surface area contributed by atoms with Crippen molar-refractivity contribution in [2.24, 2.45) is 0 Å². The van der Waals surface area contributed by atoms with Crippen molar-refractivity contribution >= 4 is 16.1 Å². The van der Waals surface area contributed by atoms with Crippen molar-refractivity contribution in [1.29, 1.82) is 0 Å². The summed E-state index contributed by atoms with van der Waals surface area (Å²) in [5.74, 6) is -0.603. The predicted molar refractivity (Wildman–Crippen MR) is 82.7 cm³/mol. The largest absolute Gasteiger partial charge is 0.465 e. The fourth-order valence-electron chi connectivity index (χ4n) is 3.20. The van der Waals surface area contributed by atoms with Gasteiger partial charge in [0.15, 0.2) is 0 Å². The van der Waals surface area contributed by atoms with E-state index in [9.17, 15) is 17.6 Å². The average Bonchev–Trinajstić information content (AvgIpc) is 2.55. The first-order valence-electron chi connectivity index (χ1n) is 7.70. The molecule has 0 aromatic heterocycles. The van der Waals surface area contributed by atoms with Crippen molar-refractivity contribution in [2.45, 2.75) is 23.3 Å². The van der Waals surface area contributed by atoms with Crippen LogP contribution < -0.4 is 0 Å². The van der Waals surface area contributed by atoms with Crippen molar-refractivity contribution in [1.82, 2.24) is 9.21 Å². The summed E-state index contributed by atoms with van der Waals surface area (Å²) in [5, 5.41) is 9.02. The summed E-state index contributed by atoms with van der Waals surface area (Å²) in [6.45, 7) is 1.20. The molecule has 2 aliphatic rings. The van der Waals surface area contributed by atoms with E-state index in [1.54, 1.807) is 0 Å². The van der Waals surface area contributed by atoms with E-state index in [0.717, 1.165) is 6.07 Å². The van der Waals surface area contributed by atoms with E-state index in [1.807, 2.05) is 0 Å². The molecule has 1 amide bonds. The number of amides is 1. The lowest BCUT2D eigenvalue weighted by Gasteiger charge is -2.46. The number of carbonyl (C=O) groups is 1. The molecule has 3 rings (SSSR count). The Balaban J connectivity index is 1.77. The van der Waals surface area contributed by atoms with Gasteiger partial charge < -0.3 is 14.7 Å². The zero-order valence-electron chi connectivity index (χ0n) is 13.0. The number of likely N-dealkylation sites (tertiary alicyclic amines) is 1. The molecule has 7 nitrogen and oxygen atoms in total. The van der Waals surface area contributed by atoms with Crippen LogP contribution in [0.3, 0.4) is 0 Å². The van der Waals surface area contributed by atoms with Gasteiger partial charge in [-0.05, 0) is 31.0 Å². The lowest BCUT2D eigenvalue weighted by molar-refractivity contribution is -0.116. The molecule has 2 aliphatic heterocycles. The lowest BCUT2D eigenvalue weighted by atomic mass is 9.90. The molecule has 0 saturated carbocycles. The Morgan fingerprint density at radius 3 is 2.58 bits per heavy atom. The summed E-state index contributed by atoms with van der Waals surface area (Å²) in [6, 6.07) is 4.93. The summed E-state index contributed by atoms with van der Waals surface area (Å²) in [5.41, 5.74) is -0.676. The van der Waals surface area contributed by atoms with Gasteiger partial charge in [0.05, 0.1) is 17.1 Å². The van der Waals surface area contributed by atoms with Gasteiger partial charge in [-0.15, -0.1) is 0 Å². The van der Waals surface area contributed by atoms with Crippen LogP contribution in [-0.4, -0.2) is 67.2 Å². The van der Waals surface area contributed by atoms with E-state index in [2.05, 4.69) is 0 Å². The van der Waals surface area contributed by atoms with Gasteiger partial charge in [0, 0.05) is 26.2 Å². The SMILES string of the molecule is O=C(O)N1CCC2(CC1)CN(S(=O)(=O)c1cccc(F)c1)CCO2. The van der Waals surface area contributed by atoms with Crippen molar-refractivity contribution < 1.29 is 27.4 Å². The highest BCUT2D eigenvalue weighted by molar-refractivity contribution is 7.89. The average molecular weight is 358 g/mol. The molecule has 2 heterocycles. The molecule has 24 heavy (non-hydrogen) atoms. The quantitative estimate of drug-likeness (QED) is 0.863. The number of carboxylic acid groups (broad SMARTS) is 1. The maximum atomic E-state index is 13.4. The first kappa shape index (κ1) is 17.1. The molecule has 1 aromatic carbocycles. The number of rotatable bonds is 2. The van der Waals surface area contributed by atoms with Crippen LogP contribution in [0.15, 0.2) is 29.2 Å². The van der Waals surface area contributed by atoms with Crippen LogP contribution in [0.25, 0.3) is 0 Å². The molecule has 0 atom stereocenters. The number of ether oxygens (including phenoxy) is 1. The van der Waals surface area contributed by atoms with E-state index in [-0.39, 0.29) is 24.6 Å². The second-order valence-corrected chi connectivity index (χ2v) is 8.03. The molecular weight excluding hydrogens is 339 g/mol. The van der Waals surface area contributed by atoms with Crippen LogP contribution in [0, 0.1) is 5.82 Å². The number of benzene rings is 1. The Morgan fingerprint density at radius 2 is 1.96 bits per heavy atom. The number of hydrogen-bond donors (Lipinski definition) is 1. The van der Waals surface area contributed by atoms with Crippen molar-refractivity contribution in [2.75, 3.05) is 32.8 Å².